The summed E-state index contributed by atoms with van der Waals surface area (Å²) in [6, 6.07) is -0.526. The zero-order valence-electron chi connectivity index (χ0n) is 11.8. The van der Waals surface area contributed by atoms with Crippen LogP contribution in [-0.4, -0.2) is 97.2 Å². The van der Waals surface area contributed by atoms with E-state index < -0.39 is 0 Å². The molecular weight excluding hydrogens is 264 g/mol. The normalized spacial score (nSPS) is 34.2. The Morgan fingerprint density at radius 2 is 0.700 bits per heavy atom. The summed E-state index contributed by atoms with van der Waals surface area (Å²) in [6.07, 6.45) is 0. The average molecular weight is 292 g/mol. The SMILES string of the molecule is OC[C@@H]1CN[C@H](CO)CN[C@H](CO)CN[C@H](CO)CN1. The summed E-state index contributed by atoms with van der Waals surface area (Å²) in [4.78, 5) is 0. The van der Waals surface area contributed by atoms with Crippen molar-refractivity contribution >= 4 is 0 Å². The van der Waals surface area contributed by atoms with Gasteiger partial charge in [0.1, 0.15) is 0 Å². The third-order valence-electron chi connectivity index (χ3n) is 3.49. The van der Waals surface area contributed by atoms with Crippen LogP contribution in [0.15, 0.2) is 0 Å². The fraction of sp³-hybridized carbons (Fsp3) is 1.00. The van der Waals surface area contributed by atoms with E-state index in [1.807, 2.05) is 0 Å². The highest BCUT2D eigenvalue weighted by atomic mass is 16.3. The summed E-state index contributed by atoms with van der Waals surface area (Å²) >= 11 is 0. The summed E-state index contributed by atoms with van der Waals surface area (Å²) < 4.78 is 0. The Labute approximate surface area is 119 Å². The maximum absolute atomic E-state index is 9.30. The molecule has 1 heterocycles. The van der Waals surface area contributed by atoms with Crippen molar-refractivity contribution in [1.82, 2.24) is 21.3 Å². The molecule has 0 saturated carbocycles. The molecule has 0 amide bonds. The quantitative estimate of drug-likeness (QED) is 0.262. The number of hydrogen-bond donors (Lipinski definition) is 8. The topological polar surface area (TPSA) is 129 Å². The molecule has 0 aromatic carbocycles. The maximum atomic E-state index is 9.30. The van der Waals surface area contributed by atoms with Gasteiger partial charge in [-0.3, -0.25) is 0 Å². The maximum Gasteiger partial charge on any atom is 0.0597 e. The fourth-order valence-corrected chi connectivity index (χ4v) is 2.04. The van der Waals surface area contributed by atoms with E-state index in [9.17, 15) is 20.4 Å². The summed E-state index contributed by atoms with van der Waals surface area (Å²) in [5, 5.41) is 49.9. The molecule has 8 heteroatoms. The minimum atomic E-state index is -0.132. The van der Waals surface area contributed by atoms with Crippen LogP contribution in [-0.2, 0) is 0 Å². The van der Waals surface area contributed by atoms with Crippen molar-refractivity contribution in [3.8, 4) is 0 Å². The Hall–Kier alpha value is -0.320. The summed E-state index contributed by atoms with van der Waals surface area (Å²) in [7, 11) is 0. The number of aliphatic hydroxyl groups is 4. The molecule has 0 unspecified atom stereocenters. The van der Waals surface area contributed by atoms with E-state index in [1.165, 1.54) is 0 Å². The van der Waals surface area contributed by atoms with Gasteiger partial charge in [-0.15, -0.1) is 0 Å². The highest BCUT2D eigenvalue weighted by Crippen LogP contribution is 1.91. The Kier molecular flexibility index (Phi) is 9.23. The van der Waals surface area contributed by atoms with Crippen LogP contribution in [0.5, 0.6) is 0 Å². The van der Waals surface area contributed by atoms with Crippen LogP contribution < -0.4 is 21.3 Å². The lowest BCUT2D eigenvalue weighted by Gasteiger charge is -2.28. The molecule has 120 valence electrons. The first kappa shape index (κ1) is 17.7. The second kappa shape index (κ2) is 10.4. The molecule has 1 aliphatic heterocycles. The van der Waals surface area contributed by atoms with Gasteiger partial charge < -0.3 is 41.7 Å². The average Bonchev–Trinajstić information content (AvgIpc) is 2.48. The van der Waals surface area contributed by atoms with Gasteiger partial charge in [0.15, 0.2) is 0 Å². The van der Waals surface area contributed by atoms with Gasteiger partial charge in [-0.2, -0.15) is 0 Å². The molecule has 1 saturated heterocycles. The van der Waals surface area contributed by atoms with E-state index in [0.717, 1.165) is 0 Å². The first-order valence-corrected chi connectivity index (χ1v) is 7.10. The summed E-state index contributed by atoms with van der Waals surface area (Å²) in [6.45, 7) is 2.01. The highest BCUT2D eigenvalue weighted by molar-refractivity contribution is 4.82. The first-order valence-electron chi connectivity index (χ1n) is 7.10. The van der Waals surface area contributed by atoms with Crippen molar-refractivity contribution < 1.29 is 20.4 Å². The van der Waals surface area contributed by atoms with Gasteiger partial charge in [0.25, 0.3) is 0 Å². The lowest BCUT2D eigenvalue weighted by Crippen LogP contribution is -2.56. The second-order valence-electron chi connectivity index (χ2n) is 5.15. The van der Waals surface area contributed by atoms with Gasteiger partial charge in [0.05, 0.1) is 26.4 Å². The van der Waals surface area contributed by atoms with E-state index in [1.54, 1.807) is 0 Å². The van der Waals surface area contributed by atoms with Crippen LogP contribution in [0, 0.1) is 0 Å². The summed E-state index contributed by atoms with van der Waals surface area (Å²) in [5.74, 6) is 0. The van der Waals surface area contributed by atoms with Crippen LogP contribution in [0.4, 0.5) is 0 Å². The van der Waals surface area contributed by atoms with Crippen molar-refractivity contribution in [2.45, 2.75) is 24.2 Å². The molecule has 0 spiro atoms. The Morgan fingerprint density at radius 3 is 0.850 bits per heavy atom. The highest BCUT2D eigenvalue weighted by Gasteiger charge is 2.18. The molecule has 8 N–H and O–H groups in total. The van der Waals surface area contributed by atoms with Crippen molar-refractivity contribution in [2.75, 3.05) is 52.6 Å². The van der Waals surface area contributed by atoms with E-state index in [0.29, 0.717) is 26.2 Å². The van der Waals surface area contributed by atoms with Crippen molar-refractivity contribution in [3.05, 3.63) is 0 Å². The van der Waals surface area contributed by atoms with Crippen molar-refractivity contribution in [1.29, 1.82) is 0 Å². The number of aliphatic hydroxyl groups excluding tert-OH is 4. The molecule has 0 aromatic rings. The lowest BCUT2D eigenvalue weighted by atomic mass is 10.2. The molecule has 1 aliphatic rings. The van der Waals surface area contributed by atoms with Gasteiger partial charge in [-0.05, 0) is 0 Å². The smallest absolute Gasteiger partial charge is 0.0597 e. The minimum absolute atomic E-state index is 0.0179. The van der Waals surface area contributed by atoms with E-state index in [4.69, 9.17) is 0 Å². The van der Waals surface area contributed by atoms with Gasteiger partial charge in [0.2, 0.25) is 0 Å². The number of nitrogens with one attached hydrogen (secondary N) is 4. The Bertz CT molecular complexity index is 183. The largest absolute Gasteiger partial charge is 0.395 e. The predicted octanol–water partition coefficient (Wildman–Crippen LogP) is -4.20. The fourth-order valence-electron chi connectivity index (χ4n) is 2.04. The zero-order valence-corrected chi connectivity index (χ0v) is 11.8. The lowest BCUT2D eigenvalue weighted by molar-refractivity contribution is 0.177. The third kappa shape index (κ3) is 6.42. The van der Waals surface area contributed by atoms with Crippen molar-refractivity contribution in [3.63, 3.8) is 0 Å². The summed E-state index contributed by atoms with van der Waals surface area (Å²) in [5.41, 5.74) is 0. The number of rotatable bonds is 4. The van der Waals surface area contributed by atoms with Crippen molar-refractivity contribution in [2.24, 2.45) is 0 Å². The Morgan fingerprint density at radius 1 is 0.500 bits per heavy atom. The molecule has 1 rings (SSSR count). The van der Waals surface area contributed by atoms with Gasteiger partial charge in [0, 0.05) is 50.3 Å². The molecule has 4 atom stereocenters. The van der Waals surface area contributed by atoms with Crippen LogP contribution in [0.1, 0.15) is 0 Å². The van der Waals surface area contributed by atoms with E-state index in [-0.39, 0.29) is 50.6 Å². The molecular formula is C12H28N4O4. The molecule has 0 radical (unpaired) electrons. The van der Waals surface area contributed by atoms with E-state index in [2.05, 4.69) is 21.3 Å². The molecule has 1 fully saturated rings. The molecule has 8 nitrogen and oxygen atoms in total. The van der Waals surface area contributed by atoms with Crippen LogP contribution in [0.2, 0.25) is 0 Å². The van der Waals surface area contributed by atoms with Gasteiger partial charge >= 0.3 is 0 Å². The van der Waals surface area contributed by atoms with Gasteiger partial charge in [-0.25, -0.2) is 0 Å². The minimum Gasteiger partial charge on any atom is -0.395 e. The monoisotopic (exact) mass is 292 g/mol. The molecule has 20 heavy (non-hydrogen) atoms. The Balaban J connectivity index is 2.58. The zero-order chi connectivity index (χ0) is 14.8. The van der Waals surface area contributed by atoms with Gasteiger partial charge in [-0.1, -0.05) is 0 Å². The molecule has 0 bridgehead atoms. The predicted molar refractivity (Wildman–Crippen MR) is 75.5 cm³/mol. The standard InChI is InChI=1S/C12H28N4O4/c17-5-9-1-13-10(6-18)2-15-12(8-20)4-16-11(7-19)3-14-9/h9-20H,1-8H2/t9-,10-,11-,12-/m0/s1. The van der Waals surface area contributed by atoms with Crippen LogP contribution in [0.3, 0.4) is 0 Å². The third-order valence-corrected chi connectivity index (χ3v) is 3.49. The molecule has 0 aliphatic carbocycles. The molecule has 0 aromatic heterocycles. The van der Waals surface area contributed by atoms with Crippen LogP contribution in [0.25, 0.3) is 0 Å². The second-order valence-corrected chi connectivity index (χ2v) is 5.15. The first-order chi connectivity index (χ1) is 9.73. The van der Waals surface area contributed by atoms with Crippen LogP contribution >= 0.6 is 0 Å². The van der Waals surface area contributed by atoms with E-state index >= 15 is 0 Å². The number of hydrogen-bond acceptors (Lipinski definition) is 8.